The zero-order valence-electron chi connectivity index (χ0n) is 24.7. The summed E-state index contributed by atoms with van der Waals surface area (Å²) in [4.78, 5) is 32.2. The molecule has 0 N–H and O–H groups in total. The highest BCUT2D eigenvalue weighted by Gasteiger charge is 2.34. The molecule has 2 heterocycles. The standard InChI is InChI=1S/C35H36N2O6/c1-4-40-35(39)31-23-37(21-26-12-7-5-8-13-26)22-30(31)33(43-25(3)38)28-16-11-17-29(20-28)41-19-18-32-24(2)42-34(36-32)27-14-9-6-10-15-27/h5-17,20,33H,4,18-19,21-23H2,1-3H3. The third-order valence-electron chi connectivity index (χ3n) is 7.22. The average molecular weight is 581 g/mol. The van der Waals surface area contributed by atoms with Crippen LogP contribution < -0.4 is 4.74 Å². The maximum Gasteiger partial charge on any atom is 0.335 e. The summed E-state index contributed by atoms with van der Waals surface area (Å²) in [5.74, 6) is 1.13. The molecule has 0 bridgehead atoms. The molecule has 43 heavy (non-hydrogen) atoms. The van der Waals surface area contributed by atoms with Gasteiger partial charge in [-0.1, -0.05) is 60.7 Å². The van der Waals surface area contributed by atoms with Crippen molar-refractivity contribution >= 4 is 11.9 Å². The number of carbonyl (C=O) groups is 2. The second-order valence-electron chi connectivity index (χ2n) is 10.4. The fourth-order valence-corrected chi connectivity index (χ4v) is 5.23. The Morgan fingerprint density at radius 1 is 0.977 bits per heavy atom. The molecule has 1 aliphatic heterocycles. The highest BCUT2D eigenvalue weighted by atomic mass is 16.5. The van der Waals surface area contributed by atoms with E-state index >= 15 is 0 Å². The van der Waals surface area contributed by atoms with Gasteiger partial charge in [0.2, 0.25) is 5.89 Å². The molecule has 1 aromatic heterocycles. The maximum absolute atomic E-state index is 13.1. The molecule has 1 aliphatic rings. The van der Waals surface area contributed by atoms with Gasteiger partial charge in [-0.25, -0.2) is 9.78 Å². The zero-order chi connectivity index (χ0) is 30.2. The van der Waals surface area contributed by atoms with E-state index in [1.165, 1.54) is 6.92 Å². The molecule has 1 atom stereocenters. The van der Waals surface area contributed by atoms with Crippen LogP contribution in [0.2, 0.25) is 0 Å². The number of hydrogen-bond donors (Lipinski definition) is 0. The molecule has 0 aliphatic carbocycles. The van der Waals surface area contributed by atoms with E-state index in [9.17, 15) is 9.59 Å². The SMILES string of the molecule is CCOC(=O)C1=C(C(OC(C)=O)c2cccc(OCCc3nc(-c4ccccc4)oc3C)c2)CN(Cc2ccccc2)C1. The number of aryl methyl sites for hydroxylation is 1. The van der Waals surface area contributed by atoms with E-state index in [1.54, 1.807) is 6.92 Å². The Bertz CT molecular complexity index is 1580. The molecule has 8 nitrogen and oxygen atoms in total. The van der Waals surface area contributed by atoms with Gasteiger partial charge in [0.1, 0.15) is 11.5 Å². The lowest BCUT2D eigenvalue weighted by Crippen LogP contribution is -2.23. The number of esters is 2. The summed E-state index contributed by atoms with van der Waals surface area (Å²) in [6, 6.07) is 27.3. The quantitative estimate of drug-likeness (QED) is 0.182. The van der Waals surface area contributed by atoms with Gasteiger partial charge in [0.15, 0.2) is 6.10 Å². The Balaban J connectivity index is 1.33. The van der Waals surface area contributed by atoms with Crippen LogP contribution in [0.5, 0.6) is 5.75 Å². The van der Waals surface area contributed by atoms with Gasteiger partial charge in [-0.3, -0.25) is 9.69 Å². The summed E-state index contributed by atoms with van der Waals surface area (Å²) >= 11 is 0. The predicted octanol–water partition coefficient (Wildman–Crippen LogP) is 6.25. The number of nitrogens with zero attached hydrogens (tertiary/aromatic N) is 2. The summed E-state index contributed by atoms with van der Waals surface area (Å²) in [6.07, 6.45) is -0.195. The first-order valence-electron chi connectivity index (χ1n) is 14.5. The number of ether oxygens (including phenoxy) is 3. The molecule has 8 heteroatoms. The summed E-state index contributed by atoms with van der Waals surface area (Å²) in [6.45, 7) is 7.20. The molecule has 0 radical (unpaired) electrons. The summed E-state index contributed by atoms with van der Waals surface area (Å²) in [5, 5.41) is 0. The monoisotopic (exact) mass is 580 g/mol. The normalized spacial score (nSPS) is 14.0. The lowest BCUT2D eigenvalue weighted by atomic mass is 9.98. The van der Waals surface area contributed by atoms with E-state index in [1.807, 2.05) is 79.7 Å². The predicted molar refractivity (Wildman–Crippen MR) is 162 cm³/mol. The molecule has 0 fully saturated rings. The Labute approximate surface area is 251 Å². The third kappa shape index (κ3) is 7.59. The fraction of sp³-hybridized carbons (Fsp3) is 0.286. The Kier molecular flexibility index (Phi) is 9.69. The van der Waals surface area contributed by atoms with Crippen LogP contribution in [0, 0.1) is 6.92 Å². The van der Waals surface area contributed by atoms with Crippen LogP contribution in [0.15, 0.2) is 100 Å². The summed E-state index contributed by atoms with van der Waals surface area (Å²) in [7, 11) is 0. The Morgan fingerprint density at radius 2 is 1.72 bits per heavy atom. The maximum atomic E-state index is 13.1. The van der Waals surface area contributed by atoms with E-state index in [0.29, 0.717) is 55.4 Å². The van der Waals surface area contributed by atoms with Gasteiger partial charge >= 0.3 is 11.9 Å². The number of aromatic nitrogens is 1. The minimum Gasteiger partial charge on any atom is -0.493 e. The second kappa shape index (κ2) is 14.0. The van der Waals surface area contributed by atoms with Crippen molar-refractivity contribution in [2.24, 2.45) is 0 Å². The number of carbonyl (C=O) groups excluding carboxylic acids is 2. The average Bonchev–Trinajstić information content (AvgIpc) is 3.60. The van der Waals surface area contributed by atoms with Crippen LogP contribution in [0.1, 0.15) is 42.5 Å². The number of hydrogen-bond acceptors (Lipinski definition) is 8. The van der Waals surface area contributed by atoms with Gasteiger partial charge < -0.3 is 18.6 Å². The first kappa shape index (κ1) is 29.8. The van der Waals surface area contributed by atoms with Crippen molar-refractivity contribution in [3.8, 4) is 17.2 Å². The number of oxazole rings is 1. The third-order valence-corrected chi connectivity index (χ3v) is 7.22. The summed E-state index contributed by atoms with van der Waals surface area (Å²) < 4.78 is 23.2. The molecular formula is C35H36N2O6. The molecule has 4 aromatic rings. The van der Waals surface area contributed by atoms with E-state index < -0.39 is 18.0 Å². The molecule has 5 rings (SSSR count). The summed E-state index contributed by atoms with van der Waals surface area (Å²) in [5.41, 5.74) is 4.84. The van der Waals surface area contributed by atoms with Gasteiger partial charge in [0.05, 0.1) is 24.5 Å². The van der Waals surface area contributed by atoms with E-state index in [-0.39, 0.29) is 6.61 Å². The Morgan fingerprint density at radius 3 is 2.44 bits per heavy atom. The van der Waals surface area contributed by atoms with Gasteiger partial charge in [-0.15, -0.1) is 0 Å². The highest BCUT2D eigenvalue weighted by molar-refractivity contribution is 5.91. The first-order valence-corrected chi connectivity index (χ1v) is 14.5. The zero-order valence-corrected chi connectivity index (χ0v) is 24.7. The minimum atomic E-state index is -0.757. The lowest BCUT2D eigenvalue weighted by molar-refractivity contribution is -0.145. The second-order valence-corrected chi connectivity index (χ2v) is 10.4. The molecule has 0 saturated heterocycles. The molecule has 222 valence electrons. The van der Waals surface area contributed by atoms with Gasteiger partial charge in [0, 0.05) is 49.7 Å². The van der Waals surface area contributed by atoms with Crippen molar-refractivity contribution in [2.45, 2.75) is 39.8 Å². The lowest BCUT2D eigenvalue weighted by Gasteiger charge is -2.22. The van der Waals surface area contributed by atoms with Crippen LogP contribution in [-0.4, -0.2) is 48.1 Å². The van der Waals surface area contributed by atoms with Gasteiger partial charge in [-0.05, 0) is 43.7 Å². The van der Waals surface area contributed by atoms with Crippen LogP contribution >= 0.6 is 0 Å². The number of rotatable bonds is 12. The molecule has 1 unspecified atom stereocenters. The first-order chi connectivity index (χ1) is 20.9. The van der Waals surface area contributed by atoms with Crippen LogP contribution in [0.4, 0.5) is 0 Å². The van der Waals surface area contributed by atoms with Gasteiger partial charge in [0.25, 0.3) is 0 Å². The molecule has 0 amide bonds. The topological polar surface area (TPSA) is 91.1 Å². The molecular weight excluding hydrogens is 544 g/mol. The highest BCUT2D eigenvalue weighted by Crippen LogP contribution is 2.35. The number of benzene rings is 3. The van der Waals surface area contributed by atoms with Crippen LogP contribution in [0.25, 0.3) is 11.5 Å². The van der Waals surface area contributed by atoms with Crippen LogP contribution in [-0.2, 0) is 32.0 Å². The molecule has 0 saturated carbocycles. The van der Waals surface area contributed by atoms with E-state index in [4.69, 9.17) is 18.6 Å². The van der Waals surface area contributed by atoms with Crippen LogP contribution in [0.3, 0.4) is 0 Å². The fourth-order valence-electron chi connectivity index (χ4n) is 5.23. The van der Waals surface area contributed by atoms with Crippen molar-refractivity contribution in [3.63, 3.8) is 0 Å². The Hall–Kier alpha value is -4.69. The minimum absolute atomic E-state index is 0.258. The smallest absolute Gasteiger partial charge is 0.335 e. The molecule has 0 spiro atoms. The van der Waals surface area contributed by atoms with Gasteiger partial charge in [-0.2, -0.15) is 0 Å². The largest absolute Gasteiger partial charge is 0.493 e. The van der Waals surface area contributed by atoms with Crippen molar-refractivity contribution in [1.82, 2.24) is 9.88 Å². The van der Waals surface area contributed by atoms with E-state index in [2.05, 4.69) is 22.0 Å². The van der Waals surface area contributed by atoms with E-state index in [0.717, 1.165) is 28.1 Å². The van der Waals surface area contributed by atoms with Crippen molar-refractivity contribution < 1.29 is 28.2 Å². The van der Waals surface area contributed by atoms with Crippen molar-refractivity contribution in [3.05, 3.63) is 119 Å². The van der Waals surface area contributed by atoms with Crippen molar-refractivity contribution in [2.75, 3.05) is 26.3 Å². The molecule has 3 aromatic carbocycles. The van der Waals surface area contributed by atoms with Crippen molar-refractivity contribution in [1.29, 1.82) is 0 Å².